The van der Waals surface area contributed by atoms with E-state index in [2.05, 4.69) is 14.7 Å². The molecule has 3 N–H and O–H groups in total. The minimum atomic E-state index is -0.470. The molecule has 0 fully saturated rings. The van der Waals surface area contributed by atoms with Gasteiger partial charge in [-0.2, -0.15) is 0 Å². The molecule has 0 aliphatic carbocycles. The zero-order valence-corrected chi connectivity index (χ0v) is 7.35. The van der Waals surface area contributed by atoms with E-state index in [9.17, 15) is 4.79 Å². The van der Waals surface area contributed by atoms with Crippen LogP contribution in [0.3, 0.4) is 0 Å². The van der Waals surface area contributed by atoms with Gasteiger partial charge in [0.05, 0.1) is 12.9 Å². The number of aromatic amines is 1. The molecule has 1 aromatic heterocycles. The van der Waals surface area contributed by atoms with Crippen molar-refractivity contribution in [2.45, 2.75) is 6.92 Å². The van der Waals surface area contributed by atoms with Crippen molar-refractivity contribution in [3.05, 3.63) is 12.0 Å². The van der Waals surface area contributed by atoms with Crippen LogP contribution in [0.5, 0.6) is 0 Å². The summed E-state index contributed by atoms with van der Waals surface area (Å²) in [6.45, 7) is 2.06. The fourth-order valence-electron chi connectivity index (χ4n) is 0.672. The molecule has 0 saturated carbocycles. The van der Waals surface area contributed by atoms with Gasteiger partial charge in [-0.05, 0) is 6.92 Å². The molecule has 1 rings (SSSR count). The number of hydrogen-bond acceptors (Lipinski definition) is 4. The highest BCUT2D eigenvalue weighted by molar-refractivity contribution is 5.91. The first kappa shape index (κ1) is 10.8. The normalized spacial score (nSPS) is 8.75. The average molecular weight is 192 g/mol. The second-order valence-corrected chi connectivity index (χ2v) is 1.88. The molecule has 0 unspecified atom stereocenters. The lowest BCUT2D eigenvalue weighted by Gasteiger charge is -1.97. The zero-order valence-electron chi connectivity index (χ0n) is 6.53. The largest absolute Gasteiger partial charge is 0.461 e. The fraction of sp³-hybridized carbons (Fsp3) is 0.333. The van der Waals surface area contributed by atoms with Gasteiger partial charge in [-0.15, -0.1) is 12.4 Å². The van der Waals surface area contributed by atoms with E-state index >= 15 is 0 Å². The van der Waals surface area contributed by atoms with E-state index in [4.69, 9.17) is 5.73 Å². The summed E-state index contributed by atoms with van der Waals surface area (Å²) in [4.78, 5) is 17.2. The maximum atomic E-state index is 11.0. The molecule has 0 spiro atoms. The van der Waals surface area contributed by atoms with Gasteiger partial charge in [-0.1, -0.05) is 0 Å². The van der Waals surface area contributed by atoms with Crippen molar-refractivity contribution in [3.8, 4) is 0 Å². The molecule has 1 heterocycles. The number of aromatic nitrogens is 2. The van der Waals surface area contributed by atoms with Crippen LogP contribution in [-0.2, 0) is 4.74 Å². The van der Waals surface area contributed by atoms with E-state index in [1.54, 1.807) is 6.92 Å². The molecule has 0 atom stereocenters. The van der Waals surface area contributed by atoms with Gasteiger partial charge in [0.25, 0.3) is 0 Å². The van der Waals surface area contributed by atoms with Crippen molar-refractivity contribution in [1.82, 2.24) is 9.97 Å². The van der Waals surface area contributed by atoms with Gasteiger partial charge in [0, 0.05) is 0 Å². The van der Waals surface area contributed by atoms with Crippen molar-refractivity contribution in [1.29, 1.82) is 0 Å². The lowest BCUT2D eigenvalue weighted by molar-refractivity contribution is 0.0521. The van der Waals surface area contributed by atoms with Crippen LogP contribution >= 0.6 is 12.4 Å². The third-order valence-electron chi connectivity index (χ3n) is 1.15. The van der Waals surface area contributed by atoms with Gasteiger partial charge < -0.3 is 15.5 Å². The number of nitrogens with one attached hydrogen (secondary N) is 1. The van der Waals surface area contributed by atoms with Crippen LogP contribution in [0.25, 0.3) is 0 Å². The lowest BCUT2D eigenvalue weighted by Crippen LogP contribution is -2.07. The van der Waals surface area contributed by atoms with Gasteiger partial charge in [0.1, 0.15) is 0 Å². The highest BCUT2D eigenvalue weighted by Gasteiger charge is 2.11. The van der Waals surface area contributed by atoms with Crippen molar-refractivity contribution in [2.24, 2.45) is 0 Å². The highest BCUT2D eigenvalue weighted by Crippen LogP contribution is 2.04. The number of ether oxygens (including phenoxy) is 1. The minimum Gasteiger partial charge on any atom is -0.461 e. The number of nitrogens with two attached hydrogens (primary N) is 1. The highest BCUT2D eigenvalue weighted by atomic mass is 35.5. The summed E-state index contributed by atoms with van der Waals surface area (Å²) in [5.74, 6) is -0.300. The number of imidazole rings is 1. The van der Waals surface area contributed by atoms with E-state index in [-0.39, 0.29) is 23.9 Å². The Hall–Kier alpha value is -1.23. The number of nitrogens with zero attached hydrogens (tertiary/aromatic N) is 1. The smallest absolute Gasteiger partial charge is 0.358 e. The Kier molecular flexibility index (Phi) is 4.14. The van der Waals surface area contributed by atoms with E-state index in [1.807, 2.05) is 0 Å². The zero-order chi connectivity index (χ0) is 8.27. The van der Waals surface area contributed by atoms with Gasteiger partial charge in [-0.25, -0.2) is 9.78 Å². The topological polar surface area (TPSA) is 81.0 Å². The maximum absolute atomic E-state index is 11.0. The quantitative estimate of drug-likeness (QED) is 0.671. The first-order chi connectivity index (χ1) is 5.25. The Bertz CT molecular complexity index is 261. The van der Waals surface area contributed by atoms with Crippen molar-refractivity contribution in [3.63, 3.8) is 0 Å². The summed E-state index contributed by atoms with van der Waals surface area (Å²) < 4.78 is 4.68. The van der Waals surface area contributed by atoms with Crippen LogP contribution in [-0.4, -0.2) is 22.5 Å². The first-order valence-corrected chi connectivity index (χ1v) is 3.21. The molecule has 0 saturated heterocycles. The van der Waals surface area contributed by atoms with E-state index in [1.165, 1.54) is 6.33 Å². The number of carbonyl (C=O) groups excluding carboxylic acids is 1. The van der Waals surface area contributed by atoms with Crippen molar-refractivity contribution in [2.75, 3.05) is 12.3 Å². The summed E-state index contributed by atoms with van der Waals surface area (Å²) >= 11 is 0. The molecule has 5 nitrogen and oxygen atoms in total. The van der Waals surface area contributed by atoms with Crippen LogP contribution in [0.1, 0.15) is 17.4 Å². The Morgan fingerprint density at radius 2 is 2.50 bits per heavy atom. The molecule has 68 valence electrons. The Labute approximate surface area is 75.7 Å². The SMILES string of the molecule is CCOC(=O)c1[nH]cnc1N.Cl. The lowest BCUT2D eigenvalue weighted by atomic mass is 10.4. The van der Waals surface area contributed by atoms with Crippen LogP contribution in [0.15, 0.2) is 6.33 Å². The molecular formula is C6H10ClN3O2. The van der Waals surface area contributed by atoms with Crippen LogP contribution in [0.4, 0.5) is 5.82 Å². The van der Waals surface area contributed by atoms with Crippen LogP contribution in [0, 0.1) is 0 Å². The molecule has 0 aromatic carbocycles. The molecule has 0 amide bonds. The number of esters is 1. The van der Waals surface area contributed by atoms with Crippen molar-refractivity contribution < 1.29 is 9.53 Å². The minimum absolute atomic E-state index is 0. The summed E-state index contributed by atoms with van der Waals surface area (Å²) in [6.07, 6.45) is 1.35. The molecule has 0 aliphatic rings. The molecule has 6 heteroatoms. The summed E-state index contributed by atoms with van der Waals surface area (Å²) in [5.41, 5.74) is 5.54. The first-order valence-electron chi connectivity index (χ1n) is 3.21. The summed E-state index contributed by atoms with van der Waals surface area (Å²) in [7, 11) is 0. The predicted octanol–water partition coefficient (Wildman–Crippen LogP) is 0.590. The second kappa shape index (κ2) is 4.61. The summed E-state index contributed by atoms with van der Waals surface area (Å²) in [5, 5.41) is 0. The van der Waals surface area contributed by atoms with Crippen LogP contribution in [0.2, 0.25) is 0 Å². The van der Waals surface area contributed by atoms with Crippen LogP contribution < -0.4 is 5.73 Å². The standard InChI is InChI=1S/C6H9N3O2.ClH/c1-2-11-6(10)4-5(7)9-3-8-4;/h3H,2,7H2,1H3,(H,8,9);1H. The Balaban J connectivity index is 0.00000121. The molecule has 1 aromatic rings. The number of hydrogen-bond donors (Lipinski definition) is 2. The maximum Gasteiger partial charge on any atom is 0.358 e. The molecule has 12 heavy (non-hydrogen) atoms. The van der Waals surface area contributed by atoms with Gasteiger partial charge in [0.15, 0.2) is 11.5 Å². The molecule has 0 aliphatic heterocycles. The Morgan fingerprint density at radius 1 is 1.83 bits per heavy atom. The molecule has 0 bridgehead atoms. The number of H-pyrrole nitrogens is 1. The number of nitrogen functional groups attached to an aromatic ring is 1. The predicted molar refractivity (Wildman–Crippen MR) is 46.2 cm³/mol. The van der Waals surface area contributed by atoms with Gasteiger partial charge in [0.2, 0.25) is 0 Å². The second-order valence-electron chi connectivity index (χ2n) is 1.88. The monoisotopic (exact) mass is 191 g/mol. The average Bonchev–Trinajstić information content (AvgIpc) is 2.36. The molecular weight excluding hydrogens is 182 g/mol. The Morgan fingerprint density at radius 3 is 2.92 bits per heavy atom. The summed E-state index contributed by atoms with van der Waals surface area (Å²) in [6, 6.07) is 0. The van der Waals surface area contributed by atoms with Gasteiger partial charge >= 0.3 is 5.97 Å². The van der Waals surface area contributed by atoms with E-state index in [0.29, 0.717) is 6.61 Å². The number of rotatable bonds is 2. The third kappa shape index (κ3) is 2.13. The number of halogens is 1. The number of anilines is 1. The third-order valence-corrected chi connectivity index (χ3v) is 1.15. The van der Waals surface area contributed by atoms with Crippen molar-refractivity contribution >= 4 is 24.2 Å². The number of carbonyl (C=O) groups is 1. The molecule has 0 radical (unpaired) electrons. The van der Waals surface area contributed by atoms with E-state index in [0.717, 1.165) is 0 Å². The van der Waals surface area contributed by atoms with Gasteiger partial charge in [-0.3, -0.25) is 0 Å². The van der Waals surface area contributed by atoms with E-state index < -0.39 is 5.97 Å². The fourth-order valence-corrected chi connectivity index (χ4v) is 0.672.